The average Bonchev–Trinajstić information content (AvgIpc) is 3.15. The second-order valence-electron chi connectivity index (χ2n) is 5.93. The highest BCUT2D eigenvalue weighted by Gasteiger charge is 2.10. The summed E-state index contributed by atoms with van der Waals surface area (Å²) in [7, 11) is 3.93. The fourth-order valence-corrected chi connectivity index (χ4v) is 2.34. The van der Waals surface area contributed by atoms with Crippen LogP contribution in [0, 0.1) is 0 Å². The van der Waals surface area contributed by atoms with E-state index in [9.17, 15) is 0 Å². The van der Waals surface area contributed by atoms with Crippen molar-refractivity contribution in [3.05, 3.63) is 66.1 Å². The topological polar surface area (TPSA) is 79.4 Å². The Morgan fingerprint density at radius 1 is 1.11 bits per heavy atom. The molecule has 0 saturated heterocycles. The molecule has 0 aliphatic rings. The summed E-state index contributed by atoms with van der Waals surface area (Å²) >= 11 is 0. The average molecular weight is 478 g/mol. The highest BCUT2D eigenvalue weighted by atomic mass is 127. The molecular formula is C19H23IN6O. The Labute approximate surface area is 175 Å². The van der Waals surface area contributed by atoms with Crippen LogP contribution < -0.4 is 5.32 Å². The Hall–Kier alpha value is -2.49. The molecule has 0 radical (unpaired) electrons. The number of pyridine rings is 1. The molecule has 142 valence electrons. The quantitative estimate of drug-likeness (QED) is 0.334. The maximum atomic E-state index is 5.27. The number of rotatable bonds is 6. The molecule has 3 aromatic rings. The molecule has 1 aromatic carbocycles. The number of guanidine groups is 1. The van der Waals surface area contributed by atoms with Crippen LogP contribution >= 0.6 is 24.0 Å². The first-order valence-electron chi connectivity index (χ1n) is 8.46. The van der Waals surface area contributed by atoms with E-state index in [1.54, 1.807) is 6.20 Å². The van der Waals surface area contributed by atoms with Crippen LogP contribution in [0.2, 0.25) is 0 Å². The number of nitrogens with one attached hydrogen (secondary N) is 1. The van der Waals surface area contributed by atoms with E-state index in [0.29, 0.717) is 36.9 Å². The van der Waals surface area contributed by atoms with Crippen molar-refractivity contribution < 1.29 is 4.52 Å². The molecule has 0 spiro atoms. The fraction of sp³-hybridized carbons (Fsp3) is 0.263. The minimum absolute atomic E-state index is 0. The van der Waals surface area contributed by atoms with Gasteiger partial charge in [0.2, 0.25) is 0 Å². The van der Waals surface area contributed by atoms with Gasteiger partial charge in [0, 0.05) is 33.3 Å². The zero-order valence-electron chi connectivity index (χ0n) is 15.4. The van der Waals surface area contributed by atoms with Crippen LogP contribution in [0.1, 0.15) is 11.4 Å². The maximum absolute atomic E-state index is 5.27. The van der Waals surface area contributed by atoms with Gasteiger partial charge >= 0.3 is 0 Å². The van der Waals surface area contributed by atoms with Gasteiger partial charge in [0.25, 0.3) is 5.89 Å². The van der Waals surface area contributed by atoms with Gasteiger partial charge in [-0.05, 0) is 17.7 Å². The van der Waals surface area contributed by atoms with Crippen LogP contribution in [-0.2, 0) is 13.0 Å². The molecule has 7 nitrogen and oxygen atoms in total. The van der Waals surface area contributed by atoms with Crippen molar-refractivity contribution in [2.24, 2.45) is 4.99 Å². The summed E-state index contributed by atoms with van der Waals surface area (Å²) in [5, 5.41) is 7.33. The molecular weight excluding hydrogens is 455 g/mol. The molecule has 2 heterocycles. The number of benzene rings is 1. The number of nitrogens with zero attached hydrogens (tertiary/aromatic N) is 5. The molecule has 0 aliphatic carbocycles. The molecule has 2 aromatic heterocycles. The van der Waals surface area contributed by atoms with Crippen molar-refractivity contribution in [2.75, 3.05) is 20.6 Å². The maximum Gasteiger partial charge on any atom is 0.276 e. The van der Waals surface area contributed by atoms with Crippen molar-refractivity contribution in [1.82, 2.24) is 25.3 Å². The lowest BCUT2D eigenvalue weighted by Crippen LogP contribution is -2.37. The molecule has 0 bridgehead atoms. The van der Waals surface area contributed by atoms with Gasteiger partial charge in [0.15, 0.2) is 11.8 Å². The van der Waals surface area contributed by atoms with E-state index in [1.807, 2.05) is 55.4 Å². The molecule has 0 saturated carbocycles. The molecule has 0 atom stereocenters. The van der Waals surface area contributed by atoms with Gasteiger partial charge in [-0.1, -0.05) is 41.6 Å². The van der Waals surface area contributed by atoms with Gasteiger partial charge in [-0.25, -0.2) is 4.99 Å². The molecule has 0 amide bonds. The summed E-state index contributed by atoms with van der Waals surface area (Å²) in [4.78, 5) is 15.2. The lowest BCUT2D eigenvalue weighted by molar-refractivity contribution is 0.421. The zero-order chi connectivity index (χ0) is 18.2. The van der Waals surface area contributed by atoms with Crippen molar-refractivity contribution in [3.63, 3.8) is 0 Å². The zero-order valence-corrected chi connectivity index (χ0v) is 17.7. The first-order valence-corrected chi connectivity index (χ1v) is 8.46. The molecule has 3 rings (SSSR count). The number of hydrogen-bond acceptors (Lipinski definition) is 5. The summed E-state index contributed by atoms with van der Waals surface area (Å²) < 4.78 is 5.27. The second kappa shape index (κ2) is 10.6. The molecule has 0 aliphatic heterocycles. The number of halogens is 1. The molecule has 1 N–H and O–H groups in total. The molecule has 27 heavy (non-hydrogen) atoms. The van der Waals surface area contributed by atoms with E-state index >= 15 is 0 Å². The molecule has 8 heteroatoms. The summed E-state index contributed by atoms with van der Waals surface area (Å²) in [5.41, 5.74) is 1.85. The first kappa shape index (κ1) is 20.8. The number of aliphatic imine (C=N–C) groups is 1. The summed E-state index contributed by atoms with van der Waals surface area (Å²) in [6, 6.07) is 15.7. The highest BCUT2D eigenvalue weighted by molar-refractivity contribution is 14.0. The van der Waals surface area contributed by atoms with Crippen molar-refractivity contribution in [1.29, 1.82) is 0 Å². The van der Waals surface area contributed by atoms with E-state index < -0.39 is 0 Å². The van der Waals surface area contributed by atoms with Gasteiger partial charge in [-0.3, -0.25) is 4.98 Å². The van der Waals surface area contributed by atoms with Crippen LogP contribution in [0.4, 0.5) is 0 Å². The Bertz CT molecular complexity index is 836. The van der Waals surface area contributed by atoms with Gasteiger partial charge < -0.3 is 14.7 Å². The van der Waals surface area contributed by atoms with E-state index in [2.05, 4.69) is 37.6 Å². The SMILES string of the molecule is CN(C)C(=NCc1ccccc1)NCCc1noc(-c2ccccn2)n1.I. The van der Waals surface area contributed by atoms with Crippen LogP contribution in [-0.4, -0.2) is 46.6 Å². The normalized spacial score (nSPS) is 11.0. The predicted molar refractivity (Wildman–Crippen MR) is 116 cm³/mol. The van der Waals surface area contributed by atoms with E-state index in [-0.39, 0.29) is 24.0 Å². The Balaban J connectivity index is 0.00000261. The van der Waals surface area contributed by atoms with Crippen LogP contribution in [0.5, 0.6) is 0 Å². The molecule has 0 unspecified atom stereocenters. The summed E-state index contributed by atoms with van der Waals surface area (Å²) in [6.07, 6.45) is 2.34. The van der Waals surface area contributed by atoms with Gasteiger partial charge in [-0.2, -0.15) is 4.98 Å². The Morgan fingerprint density at radius 3 is 2.59 bits per heavy atom. The third-order valence-electron chi connectivity index (χ3n) is 3.66. The van der Waals surface area contributed by atoms with Crippen molar-refractivity contribution in [2.45, 2.75) is 13.0 Å². The largest absolute Gasteiger partial charge is 0.356 e. The van der Waals surface area contributed by atoms with Gasteiger partial charge in [-0.15, -0.1) is 24.0 Å². The third kappa shape index (κ3) is 6.31. The minimum atomic E-state index is 0. The third-order valence-corrected chi connectivity index (χ3v) is 3.66. The van der Waals surface area contributed by atoms with E-state index in [4.69, 9.17) is 4.52 Å². The van der Waals surface area contributed by atoms with Crippen molar-refractivity contribution >= 4 is 29.9 Å². The Kier molecular flexibility index (Phi) is 8.18. The Morgan fingerprint density at radius 2 is 1.89 bits per heavy atom. The summed E-state index contributed by atoms with van der Waals surface area (Å²) in [6.45, 7) is 1.29. The lowest BCUT2D eigenvalue weighted by atomic mass is 10.2. The van der Waals surface area contributed by atoms with Crippen LogP contribution in [0.15, 0.2) is 64.2 Å². The highest BCUT2D eigenvalue weighted by Crippen LogP contribution is 2.13. The van der Waals surface area contributed by atoms with E-state index in [0.717, 1.165) is 5.96 Å². The lowest BCUT2D eigenvalue weighted by Gasteiger charge is -2.17. The van der Waals surface area contributed by atoms with E-state index in [1.165, 1.54) is 5.56 Å². The smallest absolute Gasteiger partial charge is 0.276 e. The second-order valence-corrected chi connectivity index (χ2v) is 5.93. The fourth-order valence-electron chi connectivity index (χ4n) is 2.34. The predicted octanol–water partition coefficient (Wildman–Crippen LogP) is 3.00. The monoisotopic (exact) mass is 478 g/mol. The van der Waals surface area contributed by atoms with Crippen LogP contribution in [0.3, 0.4) is 0 Å². The van der Waals surface area contributed by atoms with Gasteiger partial charge in [0.05, 0.1) is 6.54 Å². The number of hydrogen-bond donors (Lipinski definition) is 1. The van der Waals surface area contributed by atoms with Crippen LogP contribution in [0.25, 0.3) is 11.6 Å². The standard InChI is InChI=1S/C19H22N6O.HI/c1-25(2)19(22-14-15-8-4-3-5-9-15)21-13-11-17-23-18(26-24-17)16-10-6-7-12-20-16;/h3-10,12H,11,13-14H2,1-2H3,(H,21,22);1H. The first-order chi connectivity index (χ1) is 12.7. The summed E-state index contributed by atoms with van der Waals surface area (Å²) in [5.74, 6) is 1.90. The number of aromatic nitrogens is 3. The van der Waals surface area contributed by atoms with Gasteiger partial charge in [0.1, 0.15) is 5.69 Å². The molecule has 0 fully saturated rings. The minimum Gasteiger partial charge on any atom is -0.356 e. The van der Waals surface area contributed by atoms with Crippen molar-refractivity contribution in [3.8, 4) is 11.6 Å².